The predicted octanol–water partition coefficient (Wildman–Crippen LogP) is 2.73. The highest BCUT2D eigenvalue weighted by Crippen LogP contribution is 2.31. The lowest BCUT2D eigenvalue weighted by atomic mass is 10.2. The third-order valence-electron chi connectivity index (χ3n) is 4.91. The first-order valence-electron chi connectivity index (χ1n) is 9.70. The lowest BCUT2D eigenvalue weighted by Gasteiger charge is -2.34. The van der Waals surface area contributed by atoms with E-state index in [1.807, 2.05) is 11.8 Å². The minimum atomic E-state index is -0.349. The molecule has 0 bridgehead atoms. The van der Waals surface area contributed by atoms with Crippen molar-refractivity contribution in [1.29, 1.82) is 0 Å². The molecule has 0 aromatic heterocycles. The molecular formula is C20H27N3O4. The maximum atomic E-state index is 12.4. The Balaban J connectivity index is 1.45. The van der Waals surface area contributed by atoms with Gasteiger partial charge in [0, 0.05) is 37.8 Å². The van der Waals surface area contributed by atoms with Crippen molar-refractivity contribution in [2.75, 3.05) is 38.1 Å². The molecule has 1 aliphatic heterocycles. The highest BCUT2D eigenvalue weighted by molar-refractivity contribution is 5.92. The Morgan fingerprint density at radius 3 is 2.26 bits per heavy atom. The van der Waals surface area contributed by atoms with Crippen LogP contribution in [0.4, 0.5) is 10.5 Å². The Morgan fingerprint density at radius 1 is 1.04 bits per heavy atom. The second-order valence-corrected chi connectivity index (χ2v) is 7.08. The van der Waals surface area contributed by atoms with Gasteiger partial charge in [-0.15, -0.1) is 0 Å². The molecule has 27 heavy (non-hydrogen) atoms. The maximum absolute atomic E-state index is 12.4. The van der Waals surface area contributed by atoms with Crippen molar-refractivity contribution in [3.63, 3.8) is 0 Å². The van der Waals surface area contributed by atoms with E-state index in [4.69, 9.17) is 4.74 Å². The summed E-state index contributed by atoms with van der Waals surface area (Å²) < 4.78 is 5.17. The lowest BCUT2D eigenvalue weighted by molar-refractivity contribution is -0.133. The fraction of sp³-hybridized carbons (Fsp3) is 0.550. The number of amides is 3. The number of hydrogen-bond acceptors (Lipinski definition) is 4. The Morgan fingerprint density at radius 2 is 1.67 bits per heavy atom. The van der Waals surface area contributed by atoms with Crippen molar-refractivity contribution in [2.45, 2.75) is 32.6 Å². The van der Waals surface area contributed by atoms with Gasteiger partial charge >= 0.3 is 12.0 Å². The van der Waals surface area contributed by atoms with Crippen LogP contribution in [0.5, 0.6) is 0 Å². The molecule has 2 aliphatic rings. The number of unbranched alkanes of at least 4 members (excludes halogenated alkanes) is 1. The summed E-state index contributed by atoms with van der Waals surface area (Å²) in [7, 11) is 0. The lowest BCUT2D eigenvalue weighted by Crippen LogP contribution is -2.52. The number of ether oxygens (including phenoxy) is 1. The van der Waals surface area contributed by atoms with Crippen LogP contribution >= 0.6 is 0 Å². The van der Waals surface area contributed by atoms with Gasteiger partial charge in [0.2, 0.25) is 5.91 Å². The van der Waals surface area contributed by atoms with Crippen LogP contribution in [0.15, 0.2) is 24.3 Å². The highest BCUT2D eigenvalue weighted by atomic mass is 16.5. The van der Waals surface area contributed by atoms with E-state index in [0.29, 0.717) is 44.0 Å². The fourth-order valence-electron chi connectivity index (χ4n) is 3.00. The number of rotatable bonds is 6. The van der Waals surface area contributed by atoms with E-state index in [-0.39, 0.29) is 23.8 Å². The predicted molar refractivity (Wildman–Crippen MR) is 102 cm³/mol. The second kappa shape index (κ2) is 8.88. The van der Waals surface area contributed by atoms with Crippen molar-refractivity contribution < 1.29 is 19.1 Å². The number of anilines is 1. The fourth-order valence-corrected chi connectivity index (χ4v) is 3.00. The van der Waals surface area contributed by atoms with E-state index in [1.54, 1.807) is 29.2 Å². The Bertz CT molecular complexity index is 677. The van der Waals surface area contributed by atoms with Crippen LogP contribution in [-0.4, -0.2) is 60.5 Å². The minimum absolute atomic E-state index is 0.188. The number of benzene rings is 1. The maximum Gasteiger partial charge on any atom is 0.338 e. The first-order chi connectivity index (χ1) is 13.1. The van der Waals surface area contributed by atoms with Crippen LogP contribution < -0.4 is 5.32 Å². The topological polar surface area (TPSA) is 79.0 Å². The van der Waals surface area contributed by atoms with E-state index in [0.717, 1.165) is 25.7 Å². The van der Waals surface area contributed by atoms with Gasteiger partial charge < -0.3 is 19.9 Å². The van der Waals surface area contributed by atoms with Gasteiger partial charge in [-0.1, -0.05) is 13.3 Å². The van der Waals surface area contributed by atoms with Gasteiger partial charge in [0.1, 0.15) is 0 Å². The summed E-state index contributed by atoms with van der Waals surface area (Å²) in [6.07, 6.45) is 3.82. The first-order valence-corrected chi connectivity index (χ1v) is 9.70. The molecule has 0 spiro atoms. The van der Waals surface area contributed by atoms with Gasteiger partial charge in [-0.25, -0.2) is 9.59 Å². The zero-order valence-electron chi connectivity index (χ0n) is 15.8. The van der Waals surface area contributed by atoms with Crippen LogP contribution in [0.3, 0.4) is 0 Å². The van der Waals surface area contributed by atoms with E-state index in [1.165, 1.54) is 0 Å². The average Bonchev–Trinajstić information content (AvgIpc) is 3.53. The molecule has 1 aromatic carbocycles. The molecular weight excluding hydrogens is 346 g/mol. The zero-order valence-corrected chi connectivity index (χ0v) is 15.8. The number of nitrogens with one attached hydrogen (secondary N) is 1. The number of carbonyl (C=O) groups is 3. The van der Waals surface area contributed by atoms with Crippen LogP contribution in [0, 0.1) is 5.92 Å². The molecule has 3 amide bonds. The second-order valence-electron chi connectivity index (χ2n) is 7.08. The van der Waals surface area contributed by atoms with Gasteiger partial charge in [0.05, 0.1) is 12.2 Å². The van der Waals surface area contributed by atoms with Crippen molar-refractivity contribution >= 4 is 23.6 Å². The van der Waals surface area contributed by atoms with Crippen molar-refractivity contribution in [3.05, 3.63) is 29.8 Å². The molecule has 1 saturated heterocycles. The first kappa shape index (κ1) is 19.2. The quantitative estimate of drug-likeness (QED) is 0.614. The van der Waals surface area contributed by atoms with Crippen LogP contribution in [0.1, 0.15) is 43.0 Å². The summed E-state index contributed by atoms with van der Waals surface area (Å²) in [5.41, 5.74) is 1.10. The smallest absolute Gasteiger partial charge is 0.338 e. The number of urea groups is 1. The number of piperazine rings is 1. The minimum Gasteiger partial charge on any atom is -0.462 e. The molecule has 0 radical (unpaired) electrons. The Labute approximate surface area is 159 Å². The van der Waals surface area contributed by atoms with E-state index in [2.05, 4.69) is 5.32 Å². The summed E-state index contributed by atoms with van der Waals surface area (Å²) in [6, 6.07) is 6.50. The molecule has 1 saturated carbocycles. The molecule has 2 fully saturated rings. The Kier molecular flexibility index (Phi) is 6.32. The summed E-state index contributed by atoms with van der Waals surface area (Å²) in [5, 5.41) is 2.84. The number of hydrogen-bond donors (Lipinski definition) is 1. The Hall–Kier alpha value is -2.57. The van der Waals surface area contributed by atoms with Crippen molar-refractivity contribution in [1.82, 2.24) is 9.80 Å². The van der Waals surface area contributed by atoms with E-state index >= 15 is 0 Å². The van der Waals surface area contributed by atoms with Gasteiger partial charge in [-0.3, -0.25) is 4.79 Å². The standard InChI is InChI=1S/C20H27N3O4/c1-2-3-14-27-19(25)16-6-8-17(9-7-16)21-20(26)23-12-10-22(11-13-23)18(24)15-4-5-15/h6-9,15H,2-5,10-14H2,1H3,(H,21,26). The molecule has 1 N–H and O–H groups in total. The number of carbonyl (C=O) groups excluding carboxylic acids is 3. The van der Waals surface area contributed by atoms with Crippen molar-refractivity contribution in [3.8, 4) is 0 Å². The summed E-state index contributed by atoms with van der Waals surface area (Å²) >= 11 is 0. The molecule has 1 aliphatic carbocycles. The molecule has 7 nitrogen and oxygen atoms in total. The molecule has 1 aromatic rings. The largest absolute Gasteiger partial charge is 0.462 e. The SMILES string of the molecule is CCCCOC(=O)c1ccc(NC(=O)N2CCN(C(=O)C3CC3)CC2)cc1. The molecule has 0 unspecified atom stereocenters. The average molecular weight is 373 g/mol. The zero-order chi connectivity index (χ0) is 19.2. The normalized spacial score (nSPS) is 16.8. The molecule has 3 rings (SSSR count). The monoisotopic (exact) mass is 373 g/mol. The third-order valence-corrected chi connectivity index (χ3v) is 4.91. The van der Waals surface area contributed by atoms with Crippen LogP contribution in [0.2, 0.25) is 0 Å². The van der Waals surface area contributed by atoms with Gasteiger partial charge in [-0.05, 0) is 43.5 Å². The molecule has 7 heteroatoms. The molecule has 146 valence electrons. The summed E-state index contributed by atoms with van der Waals surface area (Å²) in [4.78, 5) is 39.9. The molecule has 1 heterocycles. The van der Waals surface area contributed by atoms with E-state index in [9.17, 15) is 14.4 Å². The third kappa shape index (κ3) is 5.21. The molecule has 0 atom stereocenters. The highest BCUT2D eigenvalue weighted by Gasteiger charge is 2.35. The van der Waals surface area contributed by atoms with Gasteiger partial charge in [0.25, 0.3) is 0 Å². The summed E-state index contributed by atoms with van der Waals surface area (Å²) in [5.74, 6) is 0.104. The van der Waals surface area contributed by atoms with Gasteiger partial charge in [-0.2, -0.15) is 0 Å². The van der Waals surface area contributed by atoms with E-state index < -0.39 is 0 Å². The van der Waals surface area contributed by atoms with Crippen LogP contribution in [-0.2, 0) is 9.53 Å². The van der Waals surface area contributed by atoms with Gasteiger partial charge in [0.15, 0.2) is 0 Å². The number of esters is 1. The number of nitrogens with zero attached hydrogens (tertiary/aromatic N) is 2. The van der Waals surface area contributed by atoms with Crippen LogP contribution in [0.25, 0.3) is 0 Å². The summed E-state index contributed by atoms with van der Waals surface area (Å²) in [6.45, 7) is 4.70. The van der Waals surface area contributed by atoms with Crippen molar-refractivity contribution in [2.24, 2.45) is 5.92 Å².